The number of esters is 1. The van der Waals surface area contributed by atoms with Crippen molar-refractivity contribution in [3.05, 3.63) is 0 Å². The molecule has 4 atom stereocenters. The summed E-state index contributed by atoms with van der Waals surface area (Å²) in [6.45, 7) is 4.38. The van der Waals surface area contributed by atoms with Crippen molar-refractivity contribution < 1.29 is 27.5 Å². The van der Waals surface area contributed by atoms with Gasteiger partial charge in [0, 0.05) is 12.5 Å². The van der Waals surface area contributed by atoms with Crippen LogP contribution < -0.4 is 5.32 Å². The lowest BCUT2D eigenvalue weighted by molar-refractivity contribution is -0.179. The maximum absolute atomic E-state index is 12.6. The smallest absolute Gasteiger partial charge is 0.469 e. The van der Waals surface area contributed by atoms with Crippen LogP contribution in [-0.2, 0) is 14.3 Å². The SMILES string of the molecule is COC(=O)CCCCCC[C@@H]1C2CC(C[C@H]1NC(=O)C(F)(F)F)C2(C)C. The predicted molar refractivity (Wildman–Crippen MR) is 91.2 cm³/mol. The molecule has 0 spiro atoms. The zero-order valence-electron chi connectivity index (χ0n) is 15.8. The summed E-state index contributed by atoms with van der Waals surface area (Å²) < 4.78 is 42.5. The first-order chi connectivity index (χ1) is 12.1. The zero-order chi connectivity index (χ0) is 19.5. The molecule has 3 rings (SSSR count). The van der Waals surface area contributed by atoms with E-state index < -0.39 is 12.1 Å². The van der Waals surface area contributed by atoms with E-state index in [0.29, 0.717) is 24.7 Å². The molecule has 0 aromatic heterocycles. The number of rotatable bonds is 8. The molecule has 0 saturated heterocycles. The van der Waals surface area contributed by atoms with Crippen LogP contribution in [0.15, 0.2) is 0 Å². The van der Waals surface area contributed by atoms with Gasteiger partial charge in [-0.15, -0.1) is 0 Å². The maximum Gasteiger partial charge on any atom is 0.471 e. The van der Waals surface area contributed by atoms with Gasteiger partial charge in [0.1, 0.15) is 0 Å². The highest BCUT2D eigenvalue weighted by Crippen LogP contribution is 2.62. The normalized spacial score (nSPS) is 29.6. The lowest BCUT2D eigenvalue weighted by Gasteiger charge is -2.62. The Morgan fingerprint density at radius 1 is 1.12 bits per heavy atom. The molecule has 0 aliphatic heterocycles. The highest BCUT2D eigenvalue weighted by atomic mass is 19.4. The van der Waals surface area contributed by atoms with Crippen molar-refractivity contribution in [2.24, 2.45) is 23.2 Å². The van der Waals surface area contributed by atoms with Crippen LogP contribution in [0.4, 0.5) is 13.2 Å². The number of carbonyl (C=O) groups excluding carboxylic acids is 2. The van der Waals surface area contributed by atoms with E-state index in [0.717, 1.165) is 38.5 Å². The second-order valence-electron chi connectivity index (χ2n) is 8.37. The van der Waals surface area contributed by atoms with Crippen LogP contribution in [0, 0.1) is 23.2 Å². The topological polar surface area (TPSA) is 55.4 Å². The van der Waals surface area contributed by atoms with Gasteiger partial charge in [0.25, 0.3) is 0 Å². The summed E-state index contributed by atoms with van der Waals surface area (Å²) in [6.07, 6.45) is 1.60. The zero-order valence-corrected chi connectivity index (χ0v) is 15.8. The van der Waals surface area contributed by atoms with E-state index in [9.17, 15) is 22.8 Å². The molecule has 0 aromatic carbocycles. The van der Waals surface area contributed by atoms with Crippen molar-refractivity contribution in [3.8, 4) is 0 Å². The predicted octanol–water partition coefficient (Wildman–Crippen LogP) is 4.23. The van der Waals surface area contributed by atoms with Crippen LogP contribution in [-0.4, -0.2) is 31.2 Å². The molecule has 26 heavy (non-hydrogen) atoms. The number of alkyl halides is 3. The molecule has 3 aliphatic rings. The summed E-state index contributed by atoms with van der Waals surface area (Å²) in [7, 11) is 1.37. The van der Waals surface area contributed by atoms with Crippen LogP contribution in [0.2, 0.25) is 0 Å². The number of amides is 1. The second-order valence-corrected chi connectivity index (χ2v) is 8.37. The minimum absolute atomic E-state index is 0.0990. The van der Waals surface area contributed by atoms with Gasteiger partial charge >= 0.3 is 18.1 Å². The highest BCUT2D eigenvalue weighted by Gasteiger charge is 2.58. The lowest BCUT2D eigenvalue weighted by atomic mass is 9.44. The number of unbranched alkanes of at least 4 members (excludes halogenated alkanes) is 3. The van der Waals surface area contributed by atoms with Crippen molar-refractivity contribution in [3.63, 3.8) is 0 Å². The van der Waals surface area contributed by atoms with Gasteiger partial charge in [-0.3, -0.25) is 9.59 Å². The average Bonchev–Trinajstić information content (AvgIpc) is 2.57. The molecule has 3 aliphatic carbocycles. The first-order valence-corrected chi connectivity index (χ1v) is 9.52. The monoisotopic (exact) mass is 377 g/mol. The third-order valence-electron chi connectivity index (χ3n) is 6.59. The van der Waals surface area contributed by atoms with E-state index in [-0.39, 0.29) is 23.3 Å². The Kier molecular flexibility index (Phi) is 6.61. The summed E-state index contributed by atoms with van der Waals surface area (Å²) in [5, 5.41) is 2.26. The molecular weight excluding hydrogens is 347 g/mol. The summed E-state index contributed by atoms with van der Waals surface area (Å²) in [6, 6.07) is -0.379. The molecular formula is C19H30F3NO3. The summed E-state index contributed by atoms with van der Waals surface area (Å²) >= 11 is 0. The van der Waals surface area contributed by atoms with Gasteiger partial charge in [-0.1, -0.05) is 33.1 Å². The minimum atomic E-state index is -4.82. The van der Waals surface area contributed by atoms with Gasteiger partial charge in [-0.25, -0.2) is 0 Å². The van der Waals surface area contributed by atoms with Crippen molar-refractivity contribution in [2.45, 2.75) is 77.4 Å². The van der Waals surface area contributed by atoms with E-state index in [1.807, 2.05) is 0 Å². The highest BCUT2D eigenvalue weighted by molar-refractivity contribution is 5.82. The van der Waals surface area contributed by atoms with Crippen LogP contribution in [0.5, 0.6) is 0 Å². The van der Waals surface area contributed by atoms with E-state index in [4.69, 9.17) is 0 Å². The summed E-state index contributed by atoms with van der Waals surface area (Å²) in [5.41, 5.74) is 0.148. The van der Waals surface area contributed by atoms with Crippen molar-refractivity contribution in [1.82, 2.24) is 5.32 Å². The summed E-state index contributed by atoms with van der Waals surface area (Å²) in [5.74, 6) is -1.17. The van der Waals surface area contributed by atoms with Gasteiger partial charge < -0.3 is 10.1 Å². The minimum Gasteiger partial charge on any atom is -0.469 e. The van der Waals surface area contributed by atoms with Gasteiger partial charge in [0.15, 0.2) is 0 Å². The number of nitrogens with one attached hydrogen (secondary N) is 1. The quantitative estimate of drug-likeness (QED) is 0.509. The fourth-order valence-corrected chi connectivity index (χ4v) is 4.87. The van der Waals surface area contributed by atoms with Crippen molar-refractivity contribution in [1.29, 1.82) is 0 Å². The van der Waals surface area contributed by atoms with Crippen LogP contribution in [0.1, 0.15) is 65.2 Å². The fraction of sp³-hybridized carbons (Fsp3) is 0.895. The number of ether oxygens (including phenoxy) is 1. The molecule has 1 amide bonds. The number of fused-ring (bicyclic) bond motifs is 2. The van der Waals surface area contributed by atoms with Crippen LogP contribution >= 0.6 is 0 Å². The average molecular weight is 377 g/mol. The van der Waals surface area contributed by atoms with Crippen molar-refractivity contribution in [2.75, 3.05) is 7.11 Å². The molecule has 2 bridgehead atoms. The van der Waals surface area contributed by atoms with E-state index in [1.54, 1.807) is 0 Å². The maximum atomic E-state index is 12.6. The Bertz CT molecular complexity index is 519. The molecule has 7 heteroatoms. The number of halogens is 3. The Balaban J connectivity index is 1.84. The summed E-state index contributed by atoms with van der Waals surface area (Å²) in [4.78, 5) is 22.5. The Morgan fingerprint density at radius 2 is 1.77 bits per heavy atom. The van der Waals surface area contributed by atoms with Gasteiger partial charge in [-0.05, 0) is 48.9 Å². The number of methoxy groups -OCH3 is 1. The molecule has 0 radical (unpaired) electrons. The first kappa shape index (κ1) is 21.0. The van der Waals surface area contributed by atoms with E-state index >= 15 is 0 Å². The first-order valence-electron chi connectivity index (χ1n) is 9.52. The van der Waals surface area contributed by atoms with Crippen LogP contribution in [0.3, 0.4) is 0 Å². The molecule has 3 saturated carbocycles. The molecule has 0 heterocycles. The van der Waals surface area contributed by atoms with Gasteiger partial charge in [0.05, 0.1) is 7.11 Å². The number of hydrogen-bond acceptors (Lipinski definition) is 3. The fourth-order valence-electron chi connectivity index (χ4n) is 4.87. The third kappa shape index (κ3) is 4.71. The third-order valence-corrected chi connectivity index (χ3v) is 6.59. The van der Waals surface area contributed by atoms with E-state index in [1.165, 1.54) is 7.11 Å². The molecule has 3 fully saturated rings. The Labute approximate surface area is 153 Å². The standard InChI is InChI=1S/C19H30F3NO3/c1-18(2)12-10-14(18)13(8-6-4-5-7-9-16(24)26-3)15(11-12)23-17(25)19(20,21)22/h12-15H,4-11H2,1-3H3,(H,23,25)/t12?,13-,14?,15-/m1/s1. The number of carbonyl (C=O) groups is 2. The number of hydrogen-bond donors (Lipinski definition) is 1. The second kappa shape index (κ2) is 8.17. The molecule has 150 valence electrons. The van der Waals surface area contributed by atoms with E-state index in [2.05, 4.69) is 23.9 Å². The molecule has 0 aromatic rings. The van der Waals surface area contributed by atoms with Gasteiger partial charge in [0.2, 0.25) is 0 Å². The van der Waals surface area contributed by atoms with Crippen molar-refractivity contribution >= 4 is 11.9 Å². The lowest BCUT2D eigenvalue weighted by Crippen LogP contribution is -2.62. The van der Waals surface area contributed by atoms with Gasteiger partial charge in [-0.2, -0.15) is 13.2 Å². The molecule has 1 N–H and O–H groups in total. The Morgan fingerprint density at radius 3 is 2.35 bits per heavy atom. The molecule has 2 unspecified atom stereocenters. The van der Waals surface area contributed by atoms with Crippen LogP contribution in [0.25, 0.3) is 0 Å². The Hall–Kier alpha value is -1.27. The molecule has 4 nitrogen and oxygen atoms in total. The largest absolute Gasteiger partial charge is 0.471 e.